The molecule has 0 saturated heterocycles. The summed E-state index contributed by atoms with van der Waals surface area (Å²) in [6.07, 6.45) is 0. The Bertz CT molecular complexity index is 582. The molecule has 100 valence electrons. The summed E-state index contributed by atoms with van der Waals surface area (Å²) in [6, 6.07) is 10.7. The number of phenolic OH excluding ortho intramolecular Hbond substituents is 2. The minimum atomic E-state index is 0.146. The lowest BCUT2D eigenvalue weighted by Crippen LogP contribution is -2.00. The largest absolute Gasteiger partial charge is 0.508 e. The second kappa shape index (κ2) is 5.52. The topological polar surface area (TPSA) is 61.7 Å². The van der Waals surface area contributed by atoms with Crippen molar-refractivity contribution < 1.29 is 14.9 Å². The Morgan fingerprint density at radius 2 is 1.95 bits per heavy atom. The number of ether oxygens (including phenoxy) is 1. The van der Waals surface area contributed by atoms with E-state index >= 15 is 0 Å². The van der Waals surface area contributed by atoms with Crippen LogP contribution in [-0.2, 0) is 6.54 Å². The van der Waals surface area contributed by atoms with E-state index in [-0.39, 0.29) is 11.5 Å². The van der Waals surface area contributed by atoms with Crippen LogP contribution >= 0.6 is 0 Å². The first-order valence-corrected chi connectivity index (χ1v) is 6.00. The van der Waals surface area contributed by atoms with E-state index in [0.29, 0.717) is 12.3 Å². The van der Waals surface area contributed by atoms with Gasteiger partial charge in [-0.3, -0.25) is 0 Å². The van der Waals surface area contributed by atoms with Gasteiger partial charge in [-0.2, -0.15) is 0 Å². The van der Waals surface area contributed by atoms with Crippen molar-refractivity contribution in [2.24, 2.45) is 0 Å². The van der Waals surface area contributed by atoms with E-state index in [9.17, 15) is 10.2 Å². The summed E-state index contributed by atoms with van der Waals surface area (Å²) in [7, 11) is 1.52. The molecule has 0 aromatic heterocycles. The highest BCUT2D eigenvalue weighted by Crippen LogP contribution is 2.30. The van der Waals surface area contributed by atoms with Crippen LogP contribution in [0.15, 0.2) is 36.4 Å². The number of aromatic hydroxyl groups is 2. The lowest BCUT2D eigenvalue weighted by Gasteiger charge is -2.11. The molecule has 2 aromatic rings. The first-order chi connectivity index (χ1) is 9.11. The van der Waals surface area contributed by atoms with Gasteiger partial charge in [0.1, 0.15) is 5.75 Å². The summed E-state index contributed by atoms with van der Waals surface area (Å²) in [6.45, 7) is 2.32. The minimum Gasteiger partial charge on any atom is -0.508 e. The van der Waals surface area contributed by atoms with Crippen LogP contribution in [-0.4, -0.2) is 17.3 Å². The number of hydrogen-bond donors (Lipinski definition) is 3. The van der Waals surface area contributed by atoms with Crippen molar-refractivity contribution in [1.29, 1.82) is 0 Å². The molecule has 4 heteroatoms. The number of benzene rings is 2. The molecule has 3 N–H and O–H groups in total. The fourth-order valence-electron chi connectivity index (χ4n) is 1.84. The molecule has 4 nitrogen and oxygen atoms in total. The lowest BCUT2D eigenvalue weighted by molar-refractivity contribution is 0.371. The third kappa shape index (κ3) is 2.91. The van der Waals surface area contributed by atoms with Gasteiger partial charge in [0.15, 0.2) is 11.5 Å². The average Bonchev–Trinajstić information content (AvgIpc) is 2.41. The van der Waals surface area contributed by atoms with Gasteiger partial charge >= 0.3 is 0 Å². The van der Waals surface area contributed by atoms with Gasteiger partial charge in [0, 0.05) is 17.8 Å². The number of anilines is 1. The van der Waals surface area contributed by atoms with Crippen LogP contribution < -0.4 is 10.1 Å². The number of hydrogen-bond acceptors (Lipinski definition) is 4. The average molecular weight is 259 g/mol. The van der Waals surface area contributed by atoms with Crippen molar-refractivity contribution in [1.82, 2.24) is 0 Å². The summed E-state index contributed by atoms with van der Waals surface area (Å²) >= 11 is 0. The van der Waals surface area contributed by atoms with Crippen molar-refractivity contribution in [2.45, 2.75) is 13.5 Å². The van der Waals surface area contributed by atoms with E-state index in [1.165, 1.54) is 7.11 Å². The number of rotatable bonds is 4. The monoisotopic (exact) mass is 259 g/mol. The van der Waals surface area contributed by atoms with E-state index in [2.05, 4.69) is 5.32 Å². The molecule has 0 aliphatic carbocycles. The second-order valence-electron chi connectivity index (χ2n) is 4.32. The van der Waals surface area contributed by atoms with Gasteiger partial charge in [0.05, 0.1) is 7.11 Å². The first-order valence-electron chi connectivity index (χ1n) is 6.00. The van der Waals surface area contributed by atoms with Crippen molar-refractivity contribution in [3.8, 4) is 17.2 Å². The van der Waals surface area contributed by atoms with Crippen LogP contribution in [0.5, 0.6) is 17.2 Å². The van der Waals surface area contributed by atoms with Crippen LogP contribution in [0.4, 0.5) is 5.69 Å². The van der Waals surface area contributed by atoms with Gasteiger partial charge < -0.3 is 20.3 Å². The fourth-order valence-corrected chi connectivity index (χ4v) is 1.84. The van der Waals surface area contributed by atoms with Gasteiger partial charge in [-0.25, -0.2) is 0 Å². The fraction of sp³-hybridized carbons (Fsp3) is 0.200. The van der Waals surface area contributed by atoms with Crippen LogP contribution in [0, 0.1) is 6.92 Å². The zero-order valence-electron chi connectivity index (χ0n) is 11.0. The van der Waals surface area contributed by atoms with E-state index < -0.39 is 0 Å². The molecule has 0 radical (unpaired) electrons. The first kappa shape index (κ1) is 13.1. The third-order valence-corrected chi connectivity index (χ3v) is 2.98. The summed E-state index contributed by atoms with van der Waals surface area (Å²) in [4.78, 5) is 0. The third-order valence-electron chi connectivity index (χ3n) is 2.98. The summed E-state index contributed by atoms with van der Waals surface area (Å²) < 4.78 is 5.06. The summed E-state index contributed by atoms with van der Waals surface area (Å²) in [5.41, 5.74) is 2.45. The molecule has 0 fully saturated rings. The molecule has 0 aliphatic heterocycles. The van der Waals surface area contributed by atoms with E-state index in [1.54, 1.807) is 18.2 Å². The molecular formula is C15H17NO3. The predicted molar refractivity (Wildman–Crippen MR) is 74.8 cm³/mol. The molecule has 0 spiro atoms. The highest BCUT2D eigenvalue weighted by molar-refractivity contribution is 5.52. The molecule has 0 bridgehead atoms. The molecule has 0 aliphatic rings. The quantitative estimate of drug-likeness (QED) is 0.739. The lowest BCUT2D eigenvalue weighted by atomic mass is 10.1. The number of phenols is 2. The van der Waals surface area contributed by atoms with Crippen molar-refractivity contribution in [3.05, 3.63) is 47.5 Å². The normalized spacial score (nSPS) is 10.2. The molecule has 0 amide bonds. The van der Waals surface area contributed by atoms with Crippen LogP contribution in [0.25, 0.3) is 0 Å². The van der Waals surface area contributed by atoms with Crippen LogP contribution in [0.3, 0.4) is 0 Å². The number of para-hydroxylation sites is 1. The maximum atomic E-state index is 9.96. The molecular weight excluding hydrogens is 242 g/mol. The summed E-state index contributed by atoms with van der Waals surface area (Å²) in [5, 5.41) is 22.6. The van der Waals surface area contributed by atoms with Crippen molar-refractivity contribution in [2.75, 3.05) is 12.4 Å². The minimum absolute atomic E-state index is 0.146. The van der Waals surface area contributed by atoms with Crippen molar-refractivity contribution >= 4 is 5.69 Å². The number of nitrogens with one attached hydrogen (secondary N) is 1. The maximum Gasteiger partial charge on any atom is 0.162 e. The molecule has 2 aromatic carbocycles. The Labute approximate surface area is 112 Å². The van der Waals surface area contributed by atoms with Gasteiger partial charge in [-0.05, 0) is 36.8 Å². The summed E-state index contributed by atoms with van der Waals surface area (Å²) in [5.74, 6) is 0.879. The van der Waals surface area contributed by atoms with Crippen molar-refractivity contribution in [3.63, 3.8) is 0 Å². The maximum absolute atomic E-state index is 9.96. The van der Waals surface area contributed by atoms with Gasteiger partial charge in [0.2, 0.25) is 0 Å². The highest BCUT2D eigenvalue weighted by atomic mass is 16.5. The molecule has 0 unspecified atom stereocenters. The van der Waals surface area contributed by atoms with Gasteiger partial charge in [-0.15, -0.1) is 0 Å². The van der Waals surface area contributed by atoms with Crippen LogP contribution in [0.1, 0.15) is 11.1 Å². The SMILES string of the molecule is COc1cccc(CNc2ccc(O)c(C)c2)c1O. The Balaban J connectivity index is 2.12. The Morgan fingerprint density at radius 3 is 2.63 bits per heavy atom. The molecule has 0 saturated carbocycles. The van der Waals surface area contributed by atoms with Crippen LogP contribution in [0.2, 0.25) is 0 Å². The van der Waals surface area contributed by atoms with Gasteiger partial charge in [-0.1, -0.05) is 12.1 Å². The highest BCUT2D eigenvalue weighted by Gasteiger charge is 2.07. The molecule has 19 heavy (non-hydrogen) atoms. The smallest absolute Gasteiger partial charge is 0.162 e. The number of aryl methyl sites for hydroxylation is 1. The molecule has 2 rings (SSSR count). The van der Waals surface area contributed by atoms with E-state index in [1.807, 2.05) is 25.1 Å². The van der Waals surface area contributed by atoms with E-state index in [0.717, 1.165) is 16.8 Å². The zero-order valence-corrected chi connectivity index (χ0v) is 11.0. The number of methoxy groups -OCH3 is 1. The molecule has 0 heterocycles. The predicted octanol–water partition coefficient (Wildman–Crippen LogP) is 3.03. The molecule has 0 atom stereocenters. The zero-order chi connectivity index (χ0) is 13.8. The van der Waals surface area contributed by atoms with Gasteiger partial charge in [0.25, 0.3) is 0 Å². The Hall–Kier alpha value is -2.36. The Morgan fingerprint density at radius 1 is 1.16 bits per heavy atom. The standard InChI is InChI=1S/C15H17NO3/c1-10-8-12(6-7-13(10)17)16-9-11-4-3-5-14(19-2)15(11)18/h3-8,16-18H,9H2,1-2H3. The van der Waals surface area contributed by atoms with E-state index in [4.69, 9.17) is 4.74 Å². The second-order valence-corrected chi connectivity index (χ2v) is 4.32. The Kier molecular flexibility index (Phi) is 3.80.